The lowest BCUT2D eigenvalue weighted by Gasteiger charge is -2.10. The van der Waals surface area contributed by atoms with Crippen LogP contribution in [0.1, 0.15) is 27.6 Å². The molecule has 0 unspecified atom stereocenters. The van der Waals surface area contributed by atoms with Crippen LogP contribution in [0, 0.1) is 23.3 Å². The molecule has 2 N–H and O–H groups in total. The van der Waals surface area contributed by atoms with E-state index in [0.29, 0.717) is 0 Å². The third-order valence-corrected chi connectivity index (χ3v) is 2.03. The van der Waals surface area contributed by atoms with Crippen molar-refractivity contribution in [3.63, 3.8) is 0 Å². The van der Waals surface area contributed by atoms with Crippen LogP contribution >= 0.6 is 0 Å². The number of allylic oxidation sites excluding steroid dienone is 1. The Morgan fingerprint density at radius 3 is 1.79 bits per heavy atom. The van der Waals surface area contributed by atoms with Gasteiger partial charge in [0.25, 0.3) is 5.91 Å². The molecule has 0 aliphatic carbocycles. The van der Waals surface area contributed by atoms with Crippen molar-refractivity contribution in [3.05, 3.63) is 46.7 Å². The molecule has 0 aromatic heterocycles. The predicted molar refractivity (Wildman–Crippen MR) is 55.5 cm³/mol. The standard InChI is InChI=1S/C11H7F4NO3/c1-3(2)16-10(17)4-5(11(18)19)7(13)9(15)8(14)6(4)12/h1H2,2H3,(H,16,17)(H,18,19). The summed E-state index contributed by atoms with van der Waals surface area (Å²) in [7, 11) is 0. The largest absolute Gasteiger partial charge is 0.478 e. The van der Waals surface area contributed by atoms with Crippen LogP contribution in [-0.4, -0.2) is 17.0 Å². The summed E-state index contributed by atoms with van der Waals surface area (Å²) in [5, 5.41) is 10.5. The van der Waals surface area contributed by atoms with E-state index in [0.717, 1.165) is 0 Å². The van der Waals surface area contributed by atoms with E-state index >= 15 is 0 Å². The molecule has 0 aliphatic heterocycles. The first-order chi connectivity index (χ1) is 8.68. The molecule has 4 nitrogen and oxygen atoms in total. The van der Waals surface area contributed by atoms with Crippen molar-refractivity contribution in [1.82, 2.24) is 5.32 Å². The molecule has 0 aliphatic rings. The molecule has 1 aromatic rings. The summed E-state index contributed by atoms with van der Waals surface area (Å²) in [6, 6.07) is 0. The lowest BCUT2D eigenvalue weighted by Crippen LogP contribution is -2.27. The van der Waals surface area contributed by atoms with E-state index in [2.05, 4.69) is 6.58 Å². The number of benzene rings is 1. The Kier molecular flexibility index (Phi) is 3.93. The molecule has 0 bridgehead atoms. The van der Waals surface area contributed by atoms with E-state index in [-0.39, 0.29) is 5.70 Å². The fraction of sp³-hybridized carbons (Fsp3) is 0.0909. The third kappa shape index (κ3) is 2.56. The summed E-state index contributed by atoms with van der Waals surface area (Å²) >= 11 is 0. The van der Waals surface area contributed by atoms with Crippen molar-refractivity contribution in [2.75, 3.05) is 0 Å². The number of carbonyl (C=O) groups excluding carboxylic acids is 1. The van der Waals surface area contributed by atoms with Crippen molar-refractivity contribution >= 4 is 11.9 Å². The minimum absolute atomic E-state index is 0.0223. The smallest absolute Gasteiger partial charge is 0.339 e. The van der Waals surface area contributed by atoms with Gasteiger partial charge in [0.1, 0.15) is 5.56 Å². The van der Waals surface area contributed by atoms with Crippen LogP contribution in [0.5, 0.6) is 0 Å². The van der Waals surface area contributed by atoms with Gasteiger partial charge in [0.05, 0.1) is 5.56 Å². The number of carboxylic acid groups (broad SMARTS) is 1. The zero-order valence-corrected chi connectivity index (χ0v) is 9.48. The summed E-state index contributed by atoms with van der Waals surface area (Å²) in [5.74, 6) is -12.4. The molecule has 0 saturated heterocycles. The highest BCUT2D eigenvalue weighted by Crippen LogP contribution is 2.24. The zero-order valence-electron chi connectivity index (χ0n) is 9.48. The maximum absolute atomic E-state index is 13.4. The van der Waals surface area contributed by atoms with E-state index in [1.165, 1.54) is 6.92 Å². The van der Waals surface area contributed by atoms with Crippen molar-refractivity contribution in [1.29, 1.82) is 0 Å². The molecule has 0 atom stereocenters. The molecule has 0 fully saturated rings. The van der Waals surface area contributed by atoms with E-state index in [4.69, 9.17) is 5.11 Å². The van der Waals surface area contributed by atoms with E-state index < -0.39 is 46.3 Å². The Morgan fingerprint density at radius 1 is 1.00 bits per heavy atom. The maximum atomic E-state index is 13.4. The Labute approximate surface area is 104 Å². The van der Waals surface area contributed by atoms with Gasteiger partial charge >= 0.3 is 5.97 Å². The molecule has 0 heterocycles. The number of rotatable bonds is 3. The quantitative estimate of drug-likeness (QED) is 0.505. The van der Waals surface area contributed by atoms with Crippen LogP contribution in [0.3, 0.4) is 0 Å². The normalized spacial score (nSPS) is 10.2. The SMILES string of the molecule is C=C(C)NC(=O)c1c(F)c(F)c(F)c(F)c1C(=O)O. The molecule has 1 rings (SSSR count). The van der Waals surface area contributed by atoms with Gasteiger partial charge in [-0.15, -0.1) is 0 Å². The van der Waals surface area contributed by atoms with Crippen LogP contribution in [-0.2, 0) is 0 Å². The first-order valence-electron chi connectivity index (χ1n) is 4.74. The summed E-state index contributed by atoms with van der Waals surface area (Å²) in [4.78, 5) is 22.2. The second kappa shape index (κ2) is 5.09. The van der Waals surface area contributed by atoms with Crippen LogP contribution in [0.2, 0.25) is 0 Å². The van der Waals surface area contributed by atoms with Gasteiger partial charge in [-0.2, -0.15) is 0 Å². The first kappa shape index (κ1) is 14.7. The number of amides is 1. The van der Waals surface area contributed by atoms with E-state index in [1.807, 2.05) is 5.32 Å². The van der Waals surface area contributed by atoms with Crippen LogP contribution in [0.25, 0.3) is 0 Å². The molecule has 8 heteroatoms. The Bertz CT molecular complexity index is 598. The zero-order chi connectivity index (χ0) is 14.9. The average Bonchev–Trinajstić information content (AvgIpc) is 2.29. The predicted octanol–water partition coefficient (Wildman–Crippen LogP) is 2.20. The molecule has 19 heavy (non-hydrogen) atoms. The van der Waals surface area contributed by atoms with Crippen molar-refractivity contribution < 1.29 is 32.3 Å². The van der Waals surface area contributed by atoms with Crippen molar-refractivity contribution in [2.45, 2.75) is 6.92 Å². The molecular weight excluding hydrogens is 270 g/mol. The Morgan fingerprint density at radius 2 is 1.42 bits per heavy atom. The number of hydrogen-bond donors (Lipinski definition) is 2. The fourth-order valence-electron chi connectivity index (χ4n) is 1.30. The highest BCUT2D eigenvalue weighted by molar-refractivity contribution is 6.05. The minimum atomic E-state index is -2.30. The van der Waals surface area contributed by atoms with Gasteiger partial charge in [-0.1, -0.05) is 6.58 Å². The highest BCUT2D eigenvalue weighted by Gasteiger charge is 2.32. The Hall–Kier alpha value is -2.38. The third-order valence-electron chi connectivity index (χ3n) is 2.03. The fourth-order valence-corrected chi connectivity index (χ4v) is 1.30. The summed E-state index contributed by atoms with van der Waals surface area (Å²) in [6.07, 6.45) is 0. The summed E-state index contributed by atoms with van der Waals surface area (Å²) in [5.41, 5.74) is -3.05. The molecule has 0 radical (unpaired) electrons. The van der Waals surface area contributed by atoms with Gasteiger partial charge in [-0.3, -0.25) is 4.79 Å². The lowest BCUT2D eigenvalue weighted by atomic mass is 10.0. The number of halogens is 4. The molecular formula is C11H7F4NO3. The van der Waals surface area contributed by atoms with Crippen molar-refractivity contribution in [3.8, 4) is 0 Å². The summed E-state index contributed by atoms with van der Waals surface area (Å²) < 4.78 is 52.6. The molecule has 1 aromatic carbocycles. The topological polar surface area (TPSA) is 66.4 Å². The second-order valence-corrected chi connectivity index (χ2v) is 3.55. The maximum Gasteiger partial charge on any atom is 0.339 e. The van der Waals surface area contributed by atoms with Gasteiger partial charge in [-0.05, 0) is 6.92 Å². The minimum Gasteiger partial charge on any atom is -0.478 e. The monoisotopic (exact) mass is 277 g/mol. The number of carboxylic acids is 1. The second-order valence-electron chi connectivity index (χ2n) is 3.55. The number of aromatic carboxylic acids is 1. The van der Waals surface area contributed by atoms with Crippen molar-refractivity contribution in [2.24, 2.45) is 0 Å². The van der Waals surface area contributed by atoms with Crippen LogP contribution in [0.4, 0.5) is 17.6 Å². The van der Waals surface area contributed by atoms with E-state index in [1.54, 1.807) is 0 Å². The first-order valence-corrected chi connectivity index (χ1v) is 4.74. The average molecular weight is 277 g/mol. The molecule has 102 valence electrons. The summed E-state index contributed by atoms with van der Waals surface area (Å²) in [6.45, 7) is 4.49. The van der Waals surface area contributed by atoms with Gasteiger partial charge in [0, 0.05) is 5.70 Å². The lowest BCUT2D eigenvalue weighted by molar-refractivity contribution is 0.0682. The van der Waals surface area contributed by atoms with Crippen LogP contribution in [0.15, 0.2) is 12.3 Å². The number of hydrogen-bond acceptors (Lipinski definition) is 2. The van der Waals surface area contributed by atoms with Gasteiger partial charge in [0.15, 0.2) is 23.3 Å². The van der Waals surface area contributed by atoms with Gasteiger partial charge in [0.2, 0.25) is 0 Å². The van der Waals surface area contributed by atoms with E-state index in [9.17, 15) is 27.2 Å². The van der Waals surface area contributed by atoms with Gasteiger partial charge in [-0.25, -0.2) is 22.4 Å². The number of carbonyl (C=O) groups is 2. The Balaban J connectivity index is 3.66. The van der Waals surface area contributed by atoms with Gasteiger partial charge < -0.3 is 10.4 Å². The highest BCUT2D eigenvalue weighted by atomic mass is 19.2. The molecule has 0 saturated carbocycles. The molecule has 1 amide bonds. The molecule has 0 spiro atoms. The van der Waals surface area contributed by atoms with Crippen LogP contribution < -0.4 is 5.32 Å². The number of nitrogens with one attached hydrogen (secondary N) is 1.